The van der Waals surface area contributed by atoms with E-state index in [0.29, 0.717) is 48.6 Å². The molecular formula is C84H60F30S18. The highest BCUT2D eigenvalue weighted by Crippen LogP contribution is 2.40. The van der Waals surface area contributed by atoms with Crippen molar-refractivity contribution in [2.24, 2.45) is 0 Å². The summed E-state index contributed by atoms with van der Waals surface area (Å²) in [6.45, 7) is 6.36. The second kappa shape index (κ2) is 62.9. The summed E-state index contributed by atoms with van der Waals surface area (Å²) in [6, 6.07) is 45.5. The van der Waals surface area contributed by atoms with E-state index in [0.717, 1.165) is 95.4 Å². The molecule has 132 heavy (non-hydrogen) atoms. The molecule has 0 atom stereocenters. The molecular weight excluding hydrogens is 2160 g/mol. The van der Waals surface area contributed by atoms with Crippen molar-refractivity contribution in [3.05, 3.63) is 304 Å². The lowest BCUT2D eigenvalue weighted by Crippen LogP contribution is -1.97. The summed E-state index contributed by atoms with van der Waals surface area (Å²) in [5.74, 6) is -18.8. The molecule has 714 valence electrons. The minimum absolute atomic E-state index is 0.188. The third kappa shape index (κ3) is 40.1. The van der Waals surface area contributed by atoms with Gasteiger partial charge in [0.15, 0.2) is 69.8 Å². The van der Waals surface area contributed by atoms with Crippen molar-refractivity contribution >= 4 is 255 Å². The van der Waals surface area contributed by atoms with Gasteiger partial charge in [0.2, 0.25) is 0 Å². The Morgan fingerprint density at radius 1 is 0.189 bits per heavy atom. The van der Waals surface area contributed by atoms with Crippen molar-refractivity contribution in [3.8, 4) is 33.4 Å². The van der Waals surface area contributed by atoms with Gasteiger partial charge in [-0.3, -0.25) is 13.2 Å². The highest BCUT2D eigenvalue weighted by Gasteiger charge is 2.24. The Balaban J connectivity index is -0.00000138. The van der Waals surface area contributed by atoms with Crippen LogP contribution in [0, 0.1) is 145 Å². The molecule has 0 aliphatic rings. The molecule has 0 heterocycles. The largest absolute Gasteiger partial charge is 0.386 e. The van der Waals surface area contributed by atoms with Crippen LogP contribution in [0.4, 0.5) is 133 Å². The van der Waals surface area contributed by atoms with Gasteiger partial charge in [0.05, 0.1) is 75.7 Å². The molecule has 0 saturated heterocycles. The number of thiol groups is 6. The molecule has 15 rings (SSSR count). The minimum Gasteiger partial charge on any atom is -0.255 e. The molecule has 0 aliphatic heterocycles. The van der Waals surface area contributed by atoms with Gasteiger partial charge in [-0.2, -0.15) is 39.5 Å². The zero-order valence-corrected chi connectivity index (χ0v) is 82.7. The Morgan fingerprint density at radius 3 is 0.439 bits per heavy atom. The average Bonchev–Trinajstić information content (AvgIpc) is 1.21. The normalized spacial score (nSPS) is 10.1. The number of alkyl halides is 12. The van der Waals surface area contributed by atoms with Crippen molar-refractivity contribution in [1.29, 1.82) is 0 Å². The van der Waals surface area contributed by atoms with E-state index in [-0.39, 0.29) is 53.1 Å². The molecule has 15 aromatic carbocycles. The maximum atomic E-state index is 13.1. The Hall–Kier alpha value is -6.72. The second-order valence-electron chi connectivity index (χ2n) is 23.9. The zero-order valence-electron chi connectivity index (χ0n) is 67.5. The van der Waals surface area contributed by atoms with Gasteiger partial charge in [0, 0.05) is 127 Å². The standard InChI is InChI=1S/C11H6S4.3C10H4F4.C10H6S3.C9H6S2.C6H4S4.C5H4S3.C4H4S2.3C2H3F3.3CH3F.3F2/c12-8-7(6-4-2-1-3-5-6)9(13)11(15)10(8)14;3*11-7-5-3-1-2-4-6(5)8(12)10(14)9(7)13;11-8-7(9(12)10(8)13)6-4-2-1-3-5-6;10-8-7(9(8)11)6-4-2-1-3-5-6;1-2-3(7)5(9)6(10)4(2)8;1-2-3(6)5(8)4(2)7;1-2-3(5)4(2)6;3*1-2(3,4)5;6*1-2/h1-5,12H;3*1-4H;1-5,11H;1-5,10H;7H,1H3;6H,1H3;5H,1H3;3*1H3;3*1H3;;;. The summed E-state index contributed by atoms with van der Waals surface area (Å²) in [4.78, 5) is 5.24. The zero-order chi connectivity index (χ0) is 104. The molecule has 48 heteroatoms. The first kappa shape index (κ1) is 129. The highest BCUT2D eigenvalue weighted by atomic mass is 32.1. The summed E-state index contributed by atoms with van der Waals surface area (Å²) >= 11 is 85.2. The molecule has 0 nitrogen and oxygen atoms in total. The molecule has 0 radical (unpaired) electrons. The van der Waals surface area contributed by atoms with Crippen LogP contribution in [-0.2, 0) is 0 Å². The van der Waals surface area contributed by atoms with Crippen molar-refractivity contribution in [3.63, 3.8) is 0 Å². The Bertz CT molecular complexity index is 6180. The van der Waals surface area contributed by atoms with E-state index >= 15 is 0 Å². The van der Waals surface area contributed by atoms with Crippen molar-refractivity contribution in [1.82, 2.24) is 0 Å². The lowest BCUT2D eigenvalue weighted by Gasteiger charge is -2.09. The Kier molecular flexibility index (Phi) is 61.7. The van der Waals surface area contributed by atoms with Gasteiger partial charge in [-0.1, -0.05) is 310 Å². The van der Waals surface area contributed by atoms with E-state index in [9.17, 15) is 105 Å². The van der Waals surface area contributed by atoms with Crippen molar-refractivity contribution < 1.29 is 133 Å². The first-order valence-electron chi connectivity index (χ1n) is 34.0. The number of hydrogen-bond acceptors (Lipinski definition) is 18. The van der Waals surface area contributed by atoms with Crippen molar-refractivity contribution in [2.75, 3.05) is 21.5 Å². The van der Waals surface area contributed by atoms with Crippen LogP contribution in [0.3, 0.4) is 0 Å². The quantitative estimate of drug-likeness (QED) is 0.0328. The minimum atomic E-state index is -4.00. The Morgan fingerprint density at radius 2 is 0.318 bits per heavy atom. The van der Waals surface area contributed by atoms with E-state index in [1.165, 1.54) is 83.9 Å². The predicted molar refractivity (Wildman–Crippen MR) is 511 cm³/mol. The topological polar surface area (TPSA) is 0 Å². The van der Waals surface area contributed by atoms with Gasteiger partial charge in [-0.25, -0.2) is 52.7 Å². The van der Waals surface area contributed by atoms with Crippen LogP contribution in [0.15, 0.2) is 193 Å². The molecule has 0 amide bonds. The lowest BCUT2D eigenvalue weighted by atomic mass is 10.0. The van der Waals surface area contributed by atoms with Gasteiger partial charge in [0.25, 0.3) is 0 Å². The summed E-state index contributed by atoms with van der Waals surface area (Å²) in [5, 5.41) is -1.56. The maximum absolute atomic E-state index is 13.1. The molecule has 0 aromatic heterocycles. The molecule has 0 saturated carbocycles. The van der Waals surface area contributed by atoms with Crippen LogP contribution in [0.2, 0.25) is 0 Å². The fraction of sp³-hybridized carbons (Fsp3) is 0.143. The van der Waals surface area contributed by atoms with E-state index < -0.39 is 88.3 Å². The van der Waals surface area contributed by atoms with Gasteiger partial charge >= 0.3 is 18.5 Å². The number of benzene rings is 9. The first-order valence-corrected chi connectivity index (χ1v) is 41.6. The van der Waals surface area contributed by atoms with Crippen molar-refractivity contribution in [2.45, 2.75) is 89.4 Å². The number of hydrogen-bond donors (Lipinski definition) is 6. The van der Waals surface area contributed by atoms with Crippen LogP contribution < -0.4 is 0 Å². The molecule has 0 spiro atoms. The van der Waals surface area contributed by atoms with Gasteiger partial charge in [0.1, 0.15) is 0 Å². The smallest absolute Gasteiger partial charge is 0.255 e. The number of rotatable bonds is 3. The summed E-state index contributed by atoms with van der Waals surface area (Å²) in [6.07, 6.45) is -12.0. The summed E-state index contributed by atoms with van der Waals surface area (Å²) < 4.78 is 333. The molecule has 0 unspecified atom stereocenters. The fourth-order valence-corrected chi connectivity index (χ4v) is 14.5. The predicted octanol–water partition coefficient (Wildman–Crippen LogP) is 39.0. The van der Waals surface area contributed by atoms with E-state index in [1.807, 2.05) is 112 Å². The maximum Gasteiger partial charge on any atom is 0.386 e. The van der Waals surface area contributed by atoms with Crippen LogP contribution in [0.1, 0.15) is 37.5 Å². The van der Waals surface area contributed by atoms with Crippen LogP contribution in [-0.4, -0.2) is 40.1 Å². The van der Waals surface area contributed by atoms with Gasteiger partial charge < -0.3 is 0 Å². The summed E-state index contributed by atoms with van der Waals surface area (Å²) in [7, 11) is 1.50. The van der Waals surface area contributed by atoms with E-state index in [1.54, 1.807) is 0 Å². The molecule has 15 aromatic rings. The summed E-state index contributed by atoms with van der Waals surface area (Å²) in [5.41, 5.74) is 9.55. The van der Waals surface area contributed by atoms with Gasteiger partial charge in [-0.05, 0) is 54.2 Å². The first-order chi connectivity index (χ1) is 61.5. The molecule has 0 N–H and O–H groups in total. The number of fused-ring (bicyclic) bond motifs is 3. The van der Waals surface area contributed by atoms with Crippen LogP contribution in [0.25, 0.3) is 65.7 Å². The van der Waals surface area contributed by atoms with Gasteiger partial charge in [-0.15, -0.1) is 75.8 Å². The molecule has 0 bridgehead atoms. The SMILES string of the molecule is CC(F)(F)F.CC(F)(F)F.CC(F)(F)F.CF.CF.CF.Cc1c(S)c(=S)c(=S)c1=S.Cc1c(S)c(=S)c1=S.Cc1c(S)c1=S.FF.FF.FF.Fc1c(F)c(F)c2ccccc2c1F.Fc1c(F)c(F)c2ccccc2c1F.Fc1c(F)c(F)c2ccccc2c1F.S=c1c(S)c(-c2ccccc2)c(=S)c1=S.S=c1c(S)c(-c2ccccc2)c1=S.S=c1c(S)c1-c1ccccc1. The van der Waals surface area contributed by atoms with Crippen LogP contribution >= 0.6 is 222 Å². The van der Waals surface area contributed by atoms with E-state index in [4.69, 9.17) is 174 Å². The number of halogens is 30. The lowest BCUT2D eigenvalue weighted by molar-refractivity contribution is -0.111. The van der Waals surface area contributed by atoms with Crippen LogP contribution in [0.5, 0.6) is 0 Å². The molecule has 0 fully saturated rings. The van der Waals surface area contributed by atoms with E-state index in [2.05, 4.69) is 75.8 Å². The Labute approximate surface area is 828 Å². The fourth-order valence-electron chi connectivity index (χ4n) is 8.99. The third-order valence-electron chi connectivity index (χ3n) is 15.0. The monoisotopic (exact) mass is 2210 g/mol. The highest BCUT2D eigenvalue weighted by molar-refractivity contribution is 7.83. The third-order valence-corrected chi connectivity index (χ3v) is 24.9. The second-order valence-corrected chi connectivity index (χ2v) is 31.5. The average molecular weight is 2220 g/mol. The molecule has 0 aliphatic carbocycles.